The Morgan fingerprint density at radius 1 is 1.43 bits per heavy atom. The number of rotatable bonds is 5. The van der Waals surface area contributed by atoms with Crippen LogP contribution in [0.25, 0.3) is 0 Å². The second kappa shape index (κ2) is 6.94. The van der Waals surface area contributed by atoms with Crippen LogP contribution in [0.5, 0.6) is 0 Å². The average Bonchev–Trinajstić information content (AvgIpc) is 2.47. The zero-order valence-corrected chi connectivity index (χ0v) is 14.0. The molecule has 0 spiro atoms. The molecule has 1 heterocycles. The van der Waals surface area contributed by atoms with Crippen LogP contribution in [0.3, 0.4) is 0 Å². The molecule has 4 nitrogen and oxygen atoms in total. The van der Waals surface area contributed by atoms with Gasteiger partial charge in [0.15, 0.2) is 15.6 Å². The summed E-state index contributed by atoms with van der Waals surface area (Å²) in [6.07, 6.45) is 0. The van der Waals surface area contributed by atoms with E-state index in [9.17, 15) is 13.2 Å². The zero-order valence-electron chi connectivity index (χ0n) is 12.4. The summed E-state index contributed by atoms with van der Waals surface area (Å²) in [4.78, 5) is 14.2. The molecule has 0 radical (unpaired) electrons. The Labute approximate surface area is 130 Å². The normalized spacial score (nSPS) is 20.4. The highest BCUT2D eigenvalue weighted by atomic mass is 32.2. The molecule has 21 heavy (non-hydrogen) atoms. The summed E-state index contributed by atoms with van der Waals surface area (Å²) >= 11 is 1.64. The molecule has 1 aromatic carbocycles. The van der Waals surface area contributed by atoms with Crippen molar-refractivity contribution in [1.29, 1.82) is 0 Å². The van der Waals surface area contributed by atoms with Crippen molar-refractivity contribution in [2.75, 3.05) is 30.3 Å². The van der Waals surface area contributed by atoms with Gasteiger partial charge in [-0.05, 0) is 13.0 Å². The lowest BCUT2D eigenvalue weighted by Gasteiger charge is -2.34. The molecular weight excluding hydrogens is 306 g/mol. The molecule has 1 aromatic rings. The van der Waals surface area contributed by atoms with Crippen LogP contribution < -0.4 is 0 Å². The van der Waals surface area contributed by atoms with E-state index in [2.05, 4.69) is 0 Å². The number of aryl methyl sites for hydroxylation is 1. The average molecular weight is 327 g/mol. The first-order chi connectivity index (χ1) is 9.94. The number of thioether (sulfide) groups is 1. The standard InChI is InChI=1S/C15H21NO3S2/c1-3-21(18,19)15-11-20-8-7-16(15)10-14(17)13-6-4-5-12(2)9-13/h4-6,9,15H,3,7-8,10-11H2,1-2H3. The van der Waals surface area contributed by atoms with Crippen molar-refractivity contribution in [1.82, 2.24) is 4.90 Å². The molecule has 1 unspecified atom stereocenters. The largest absolute Gasteiger partial charge is 0.293 e. The molecule has 0 saturated carbocycles. The number of Topliss-reactive ketones (excluding diaryl/α,β-unsaturated/α-hetero) is 1. The van der Waals surface area contributed by atoms with Gasteiger partial charge in [-0.25, -0.2) is 8.42 Å². The lowest BCUT2D eigenvalue weighted by molar-refractivity contribution is 0.0928. The number of sulfone groups is 1. The second-order valence-electron chi connectivity index (χ2n) is 5.24. The molecule has 0 bridgehead atoms. The molecule has 1 aliphatic rings. The lowest BCUT2D eigenvalue weighted by atomic mass is 10.1. The van der Waals surface area contributed by atoms with Crippen LogP contribution in [-0.4, -0.2) is 54.8 Å². The molecule has 0 aromatic heterocycles. The molecule has 1 aliphatic heterocycles. The third-order valence-electron chi connectivity index (χ3n) is 3.69. The number of ketones is 1. The summed E-state index contributed by atoms with van der Waals surface area (Å²) in [6.45, 7) is 4.42. The maximum absolute atomic E-state index is 12.4. The molecule has 1 fully saturated rings. The van der Waals surface area contributed by atoms with Crippen molar-refractivity contribution < 1.29 is 13.2 Å². The summed E-state index contributed by atoms with van der Waals surface area (Å²) in [7, 11) is -3.15. The van der Waals surface area contributed by atoms with Gasteiger partial charge in [-0.15, -0.1) is 0 Å². The van der Waals surface area contributed by atoms with E-state index in [1.807, 2.05) is 30.0 Å². The van der Waals surface area contributed by atoms with E-state index in [-0.39, 0.29) is 18.1 Å². The summed E-state index contributed by atoms with van der Waals surface area (Å²) in [5, 5.41) is -0.532. The molecule has 0 N–H and O–H groups in total. The molecule has 0 aliphatic carbocycles. The van der Waals surface area contributed by atoms with E-state index in [0.29, 0.717) is 17.9 Å². The molecule has 0 amide bonds. The maximum Gasteiger partial charge on any atom is 0.176 e. The van der Waals surface area contributed by atoms with Crippen molar-refractivity contribution in [3.63, 3.8) is 0 Å². The van der Waals surface area contributed by atoms with Gasteiger partial charge in [-0.3, -0.25) is 9.69 Å². The quantitative estimate of drug-likeness (QED) is 0.774. The van der Waals surface area contributed by atoms with Crippen molar-refractivity contribution in [2.45, 2.75) is 19.2 Å². The first kappa shape index (κ1) is 16.5. The SMILES string of the molecule is CCS(=O)(=O)C1CSCCN1CC(=O)c1cccc(C)c1. The van der Waals surface area contributed by atoms with Gasteiger partial charge in [-0.1, -0.05) is 30.7 Å². The molecule has 2 rings (SSSR count). The Bertz CT molecular complexity index is 613. The Morgan fingerprint density at radius 2 is 2.19 bits per heavy atom. The zero-order chi connectivity index (χ0) is 15.5. The first-order valence-corrected chi connectivity index (χ1v) is 9.94. The van der Waals surface area contributed by atoms with Crippen LogP contribution in [0.2, 0.25) is 0 Å². The second-order valence-corrected chi connectivity index (χ2v) is 8.84. The summed E-state index contributed by atoms with van der Waals surface area (Å²) in [5.41, 5.74) is 1.69. The van der Waals surface area contributed by atoms with Crippen LogP contribution in [0.4, 0.5) is 0 Å². The summed E-state index contributed by atoms with van der Waals surface area (Å²) < 4.78 is 24.3. The van der Waals surface area contributed by atoms with Crippen molar-refractivity contribution in [3.8, 4) is 0 Å². The number of benzene rings is 1. The van der Waals surface area contributed by atoms with Gasteiger partial charge >= 0.3 is 0 Å². The van der Waals surface area contributed by atoms with Crippen LogP contribution in [0.15, 0.2) is 24.3 Å². The highest BCUT2D eigenvalue weighted by Gasteiger charge is 2.33. The van der Waals surface area contributed by atoms with Crippen LogP contribution >= 0.6 is 11.8 Å². The van der Waals surface area contributed by atoms with Gasteiger partial charge < -0.3 is 0 Å². The molecular formula is C15H21NO3S2. The number of carbonyl (C=O) groups is 1. The number of nitrogens with zero attached hydrogens (tertiary/aromatic N) is 1. The molecule has 116 valence electrons. The van der Waals surface area contributed by atoms with E-state index in [1.54, 1.807) is 24.8 Å². The highest BCUT2D eigenvalue weighted by Crippen LogP contribution is 2.21. The summed E-state index contributed by atoms with van der Waals surface area (Å²) in [6, 6.07) is 7.44. The number of hydrogen-bond donors (Lipinski definition) is 0. The lowest BCUT2D eigenvalue weighted by Crippen LogP contribution is -2.49. The third-order valence-corrected chi connectivity index (χ3v) is 7.03. The van der Waals surface area contributed by atoms with Crippen LogP contribution in [-0.2, 0) is 9.84 Å². The van der Waals surface area contributed by atoms with Crippen LogP contribution in [0.1, 0.15) is 22.8 Å². The monoisotopic (exact) mass is 327 g/mol. The van der Waals surface area contributed by atoms with Crippen LogP contribution in [0, 0.1) is 6.92 Å². The van der Waals surface area contributed by atoms with E-state index < -0.39 is 15.2 Å². The smallest absolute Gasteiger partial charge is 0.176 e. The minimum Gasteiger partial charge on any atom is -0.293 e. The fourth-order valence-electron chi connectivity index (χ4n) is 2.41. The summed E-state index contributed by atoms with van der Waals surface area (Å²) in [5.74, 6) is 1.53. The number of carbonyl (C=O) groups excluding carboxylic acids is 1. The Balaban J connectivity index is 2.14. The Morgan fingerprint density at radius 3 is 2.86 bits per heavy atom. The minimum absolute atomic E-state index is 0.0121. The molecule has 1 saturated heterocycles. The fourth-order valence-corrected chi connectivity index (χ4v) is 5.49. The first-order valence-electron chi connectivity index (χ1n) is 7.07. The van der Waals surface area contributed by atoms with E-state index in [4.69, 9.17) is 0 Å². The van der Waals surface area contributed by atoms with Gasteiger partial charge in [0.05, 0.1) is 6.54 Å². The van der Waals surface area contributed by atoms with Gasteiger partial charge in [-0.2, -0.15) is 11.8 Å². The highest BCUT2D eigenvalue weighted by molar-refractivity contribution is 8.01. The van der Waals surface area contributed by atoms with E-state index in [0.717, 1.165) is 11.3 Å². The fraction of sp³-hybridized carbons (Fsp3) is 0.533. The third kappa shape index (κ3) is 4.08. The Kier molecular flexibility index (Phi) is 5.46. The molecule has 6 heteroatoms. The van der Waals surface area contributed by atoms with E-state index >= 15 is 0 Å². The van der Waals surface area contributed by atoms with Gasteiger partial charge in [0.2, 0.25) is 0 Å². The predicted octanol–water partition coefficient (Wildman–Crippen LogP) is 1.99. The molecule has 1 atom stereocenters. The van der Waals surface area contributed by atoms with Crippen molar-refractivity contribution in [2.24, 2.45) is 0 Å². The number of hydrogen-bond acceptors (Lipinski definition) is 5. The van der Waals surface area contributed by atoms with Crippen molar-refractivity contribution >= 4 is 27.4 Å². The van der Waals surface area contributed by atoms with Gasteiger partial charge in [0, 0.05) is 29.4 Å². The minimum atomic E-state index is -3.15. The maximum atomic E-state index is 12.4. The Hall–Kier alpha value is -0.850. The van der Waals surface area contributed by atoms with E-state index in [1.165, 1.54) is 0 Å². The van der Waals surface area contributed by atoms with Gasteiger partial charge in [0.1, 0.15) is 5.37 Å². The van der Waals surface area contributed by atoms with Gasteiger partial charge in [0.25, 0.3) is 0 Å². The topological polar surface area (TPSA) is 54.5 Å². The van der Waals surface area contributed by atoms with Crippen molar-refractivity contribution in [3.05, 3.63) is 35.4 Å². The predicted molar refractivity (Wildman–Crippen MR) is 87.7 cm³/mol.